The molecule has 3 amide bonds. The van der Waals surface area contributed by atoms with E-state index in [4.69, 9.17) is 4.42 Å². The Morgan fingerprint density at radius 3 is 2.48 bits per heavy atom. The van der Waals surface area contributed by atoms with E-state index in [-0.39, 0.29) is 19.0 Å². The van der Waals surface area contributed by atoms with Crippen molar-refractivity contribution in [2.75, 3.05) is 17.5 Å². The maximum Gasteiger partial charge on any atom is 0.338 e. The van der Waals surface area contributed by atoms with Crippen LogP contribution in [-0.2, 0) is 21.4 Å². The number of hydrazine groups is 1. The summed E-state index contributed by atoms with van der Waals surface area (Å²) in [7, 11) is -3.32. The number of furan rings is 1. The second-order valence-electron chi connectivity index (χ2n) is 5.49. The lowest BCUT2D eigenvalue weighted by molar-refractivity contribution is -0.118. The number of urea groups is 1. The van der Waals surface area contributed by atoms with Crippen LogP contribution >= 0.6 is 0 Å². The summed E-state index contributed by atoms with van der Waals surface area (Å²) < 4.78 is 30.5. The first-order chi connectivity index (χ1) is 11.8. The molecule has 2 heterocycles. The number of anilines is 1. The molecule has 0 unspecified atom stereocenters. The number of hydrogen-bond donors (Lipinski definition) is 3. The monoisotopic (exact) mass is 364 g/mol. The molecule has 1 fully saturated rings. The number of nitrogens with zero attached hydrogens (tertiary/aromatic N) is 1. The zero-order valence-corrected chi connectivity index (χ0v) is 14.1. The van der Waals surface area contributed by atoms with E-state index in [9.17, 15) is 18.0 Å². The molecule has 132 valence electrons. The molecule has 3 N–H and O–H groups in total. The van der Waals surface area contributed by atoms with Gasteiger partial charge < -0.3 is 4.42 Å². The molecular weight excluding hydrogens is 348 g/mol. The maximum absolute atomic E-state index is 11.4. The highest BCUT2D eigenvalue weighted by molar-refractivity contribution is 7.92. The first-order valence-electron chi connectivity index (χ1n) is 7.32. The van der Waals surface area contributed by atoms with Crippen molar-refractivity contribution in [2.24, 2.45) is 0 Å². The average molecular weight is 364 g/mol. The first-order valence-corrected chi connectivity index (χ1v) is 9.21. The Kier molecular flexibility index (Phi) is 4.47. The minimum Gasteiger partial charge on any atom is -0.460 e. The molecule has 3 rings (SSSR count). The van der Waals surface area contributed by atoms with E-state index in [2.05, 4.69) is 15.5 Å². The van der Waals surface area contributed by atoms with Gasteiger partial charge in [0.05, 0.1) is 12.8 Å². The van der Waals surface area contributed by atoms with Gasteiger partial charge in [-0.15, -0.1) is 0 Å². The maximum atomic E-state index is 11.4. The number of hydrogen-bond acceptors (Lipinski definition) is 6. The number of sulfonamides is 1. The SMILES string of the molecule is CS(=O)(=O)Nc1ccc(-c2ccc(CNN3CC(=O)NC3=O)o2)cc1. The second-order valence-corrected chi connectivity index (χ2v) is 7.24. The van der Waals surface area contributed by atoms with E-state index in [1.54, 1.807) is 36.4 Å². The Morgan fingerprint density at radius 2 is 1.88 bits per heavy atom. The van der Waals surface area contributed by atoms with Gasteiger partial charge in [0.15, 0.2) is 0 Å². The Bertz CT molecular complexity index is 904. The van der Waals surface area contributed by atoms with Crippen LogP contribution in [0.25, 0.3) is 11.3 Å². The van der Waals surface area contributed by atoms with Crippen molar-refractivity contribution < 1.29 is 22.4 Å². The molecule has 0 bridgehead atoms. The molecular formula is C15H16N4O5S. The van der Waals surface area contributed by atoms with Gasteiger partial charge in [-0.3, -0.25) is 14.8 Å². The van der Waals surface area contributed by atoms with E-state index >= 15 is 0 Å². The molecule has 25 heavy (non-hydrogen) atoms. The molecule has 9 nitrogen and oxygen atoms in total. The van der Waals surface area contributed by atoms with Gasteiger partial charge in [0.1, 0.15) is 18.1 Å². The van der Waals surface area contributed by atoms with Crippen molar-refractivity contribution in [1.82, 2.24) is 15.8 Å². The Morgan fingerprint density at radius 1 is 1.16 bits per heavy atom. The summed E-state index contributed by atoms with van der Waals surface area (Å²) in [5, 5.41) is 3.34. The molecule has 0 atom stereocenters. The molecule has 1 aromatic carbocycles. The average Bonchev–Trinajstić information content (AvgIpc) is 3.11. The van der Waals surface area contributed by atoms with Crippen molar-refractivity contribution in [1.29, 1.82) is 0 Å². The Hall–Kier alpha value is -2.85. The standard InChI is InChI=1S/C15H16N4O5S/c1-25(22,23)18-11-4-2-10(3-5-11)13-7-6-12(24-13)8-16-19-9-14(20)17-15(19)21/h2-7,16,18H,8-9H2,1H3,(H,17,20,21). The zero-order valence-electron chi connectivity index (χ0n) is 13.3. The van der Waals surface area contributed by atoms with Gasteiger partial charge >= 0.3 is 6.03 Å². The number of carbonyl (C=O) groups excluding carboxylic acids is 2. The van der Waals surface area contributed by atoms with Crippen molar-refractivity contribution in [3.8, 4) is 11.3 Å². The lowest BCUT2D eigenvalue weighted by atomic mass is 10.1. The number of rotatable bonds is 6. The molecule has 10 heteroatoms. The van der Waals surface area contributed by atoms with E-state index in [0.717, 1.165) is 11.8 Å². The number of imide groups is 1. The van der Waals surface area contributed by atoms with Crippen LogP contribution in [0.1, 0.15) is 5.76 Å². The molecule has 1 saturated heterocycles. The van der Waals surface area contributed by atoms with Crippen molar-refractivity contribution >= 4 is 27.6 Å². The highest BCUT2D eigenvalue weighted by Crippen LogP contribution is 2.24. The van der Waals surface area contributed by atoms with Gasteiger partial charge in [-0.1, -0.05) is 0 Å². The van der Waals surface area contributed by atoms with Crippen LogP contribution in [0.15, 0.2) is 40.8 Å². The topological polar surface area (TPSA) is 121 Å². The Balaban J connectivity index is 1.63. The third-order valence-corrected chi connectivity index (χ3v) is 3.98. The van der Waals surface area contributed by atoms with E-state index in [0.29, 0.717) is 17.2 Å². The third-order valence-electron chi connectivity index (χ3n) is 3.37. The molecule has 0 aliphatic carbocycles. The van der Waals surface area contributed by atoms with Crippen LogP contribution in [0.3, 0.4) is 0 Å². The summed E-state index contributed by atoms with van der Waals surface area (Å²) in [5.41, 5.74) is 4.05. The van der Waals surface area contributed by atoms with Crippen LogP contribution in [0.2, 0.25) is 0 Å². The number of benzene rings is 1. The molecule has 1 aliphatic heterocycles. The van der Waals surface area contributed by atoms with Crippen LogP contribution in [0, 0.1) is 0 Å². The quantitative estimate of drug-likeness (QED) is 0.654. The summed E-state index contributed by atoms with van der Waals surface area (Å²) in [4.78, 5) is 22.5. The summed E-state index contributed by atoms with van der Waals surface area (Å²) in [6.07, 6.45) is 1.08. The largest absolute Gasteiger partial charge is 0.460 e. The van der Waals surface area contributed by atoms with E-state index < -0.39 is 16.1 Å². The summed E-state index contributed by atoms with van der Waals surface area (Å²) in [6.45, 7) is 0.204. The summed E-state index contributed by atoms with van der Waals surface area (Å²) in [5.74, 6) is 0.825. The minimum atomic E-state index is -3.32. The van der Waals surface area contributed by atoms with E-state index in [1.165, 1.54) is 5.01 Å². The molecule has 0 spiro atoms. The van der Waals surface area contributed by atoms with Crippen molar-refractivity contribution in [2.45, 2.75) is 6.54 Å². The first kappa shape index (κ1) is 17.0. The fraction of sp³-hybridized carbons (Fsp3) is 0.200. The van der Waals surface area contributed by atoms with Crippen molar-refractivity contribution in [3.05, 3.63) is 42.2 Å². The normalized spacial score (nSPS) is 14.7. The zero-order chi connectivity index (χ0) is 18.0. The van der Waals surface area contributed by atoms with Gasteiger partial charge in [-0.2, -0.15) is 0 Å². The third kappa shape index (κ3) is 4.37. The number of carbonyl (C=O) groups is 2. The predicted molar refractivity (Wildman–Crippen MR) is 89.7 cm³/mol. The number of nitrogens with one attached hydrogen (secondary N) is 3. The fourth-order valence-corrected chi connectivity index (χ4v) is 2.85. The van der Waals surface area contributed by atoms with Gasteiger partial charge in [-0.05, 0) is 36.4 Å². The van der Waals surface area contributed by atoms with E-state index in [1.807, 2.05) is 0 Å². The van der Waals surface area contributed by atoms with Crippen LogP contribution in [0.5, 0.6) is 0 Å². The highest BCUT2D eigenvalue weighted by Gasteiger charge is 2.26. The lowest BCUT2D eigenvalue weighted by Gasteiger charge is -2.13. The van der Waals surface area contributed by atoms with Gasteiger partial charge in [0.2, 0.25) is 15.9 Å². The van der Waals surface area contributed by atoms with Gasteiger partial charge in [0, 0.05) is 11.3 Å². The second kappa shape index (κ2) is 6.57. The molecule has 1 aromatic heterocycles. The summed E-state index contributed by atoms with van der Waals surface area (Å²) >= 11 is 0. The van der Waals surface area contributed by atoms with Crippen molar-refractivity contribution in [3.63, 3.8) is 0 Å². The minimum absolute atomic E-state index is 0.0405. The Labute approximate surface area is 144 Å². The molecule has 0 saturated carbocycles. The highest BCUT2D eigenvalue weighted by atomic mass is 32.2. The molecule has 2 aromatic rings. The molecule has 0 radical (unpaired) electrons. The smallest absolute Gasteiger partial charge is 0.338 e. The fourth-order valence-electron chi connectivity index (χ4n) is 2.29. The summed E-state index contributed by atoms with van der Waals surface area (Å²) in [6, 6.07) is 9.76. The molecule has 1 aliphatic rings. The number of amides is 3. The van der Waals surface area contributed by atoms with Crippen LogP contribution < -0.4 is 15.5 Å². The van der Waals surface area contributed by atoms with Gasteiger partial charge in [0.25, 0.3) is 0 Å². The van der Waals surface area contributed by atoms with Crippen LogP contribution in [-0.4, -0.2) is 38.2 Å². The predicted octanol–water partition coefficient (Wildman–Crippen LogP) is 0.875. The van der Waals surface area contributed by atoms with Gasteiger partial charge in [-0.25, -0.2) is 23.6 Å². The lowest BCUT2D eigenvalue weighted by Crippen LogP contribution is -2.39. The van der Waals surface area contributed by atoms with Crippen LogP contribution in [0.4, 0.5) is 10.5 Å².